The third-order valence-electron chi connectivity index (χ3n) is 1.96. The Hall–Kier alpha value is -1.39. The fraction of sp³-hybridized carbons (Fsp3) is 0.0909. The Labute approximate surface area is 102 Å². The Morgan fingerprint density at radius 2 is 2.38 bits per heavy atom. The van der Waals surface area contributed by atoms with E-state index in [1.54, 1.807) is 23.7 Å². The van der Waals surface area contributed by atoms with Gasteiger partial charge in [-0.05, 0) is 18.2 Å². The number of carbonyl (C=O) groups is 1. The molecule has 0 N–H and O–H groups in total. The lowest BCUT2D eigenvalue weighted by molar-refractivity contribution is 0.111. The predicted molar refractivity (Wildman–Crippen MR) is 63.3 cm³/mol. The van der Waals surface area contributed by atoms with Crippen molar-refractivity contribution in [2.75, 3.05) is 0 Å². The second-order valence-corrected chi connectivity index (χ2v) is 4.22. The summed E-state index contributed by atoms with van der Waals surface area (Å²) in [5.41, 5.74) is 3.03. The maximum absolute atomic E-state index is 10.8. The van der Waals surface area contributed by atoms with E-state index in [-0.39, 0.29) is 0 Å². The van der Waals surface area contributed by atoms with E-state index < -0.39 is 0 Å². The molecule has 1 aromatic heterocycles. The Bertz CT molecular complexity index is 485. The lowest BCUT2D eigenvalue weighted by Gasteiger charge is -2.06. The minimum absolute atomic E-state index is 0.353. The average Bonchev–Trinajstić information content (AvgIpc) is 2.80. The first-order valence-electron chi connectivity index (χ1n) is 4.54. The molecule has 16 heavy (non-hydrogen) atoms. The van der Waals surface area contributed by atoms with E-state index in [1.165, 1.54) is 11.3 Å². The van der Waals surface area contributed by atoms with Crippen molar-refractivity contribution in [3.05, 3.63) is 45.4 Å². The van der Waals surface area contributed by atoms with Crippen molar-refractivity contribution in [3.8, 4) is 5.75 Å². The van der Waals surface area contributed by atoms with Crippen LogP contribution in [0.2, 0.25) is 5.02 Å². The standard InChI is InChI=1S/C11H8ClNO2S/c12-9-1-2-11(8(3-9)4-14)15-5-10-6-16-7-13-10/h1-4,6-7H,5H2. The molecule has 2 aromatic rings. The van der Waals surface area contributed by atoms with Gasteiger partial charge in [0.15, 0.2) is 6.29 Å². The fourth-order valence-corrected chi connectivity index (χ4v) is 1.93. The fourth-order valence-electron chi connectivity index (χ4n) is 1.20. The van der Waals surface area contributed by atoms with E-state index in [1.807, 2.05) is 5.38 Å². The van der Waals surface area contributed by atoms with Crippen LogP contribution < -0.4 is 4.74 Å². The summed E-state index contributed by atoms with van der Waals surface area (Å²) in [7, 11) is 0. The van der Waals surface area contributed by atoms with E-state index in [0.29, 0.717) is 22.9 Å². The van der Waals surface area contributed by atoms with Gasteiger partial charge in [-0.25, -0.2) is 4.98 Å². The number of aldehydes is 1. The Morgan fingerprint density at radius 3 is 3.06 bits per heavy atom. The summed E-state index contributed by atoms with van der Waals surface area (Å²) < 4.78 is 5.48. The van der Waals surface area contributed by atoms with Gasteiger partial charge in [0.25, 0.3) is 0 Å². The van der Waals surface area contributed by atoms with Crippen LogP contribution in [0.1, 0.15) is 16.1 Å². The zero-order valence-corrected chi connectivity index (χ0v) is 9.79. The van der Waals surface area contributed by atoms with E-state index in [0.717, 1.165) is 12.0 Å². The van der Waals surface area contributed by atoms with Gasteiger partial charge in [-0.2, -0.15) is 0 Å². The van der Waals surface area contributed by atoms with Crippen molar-refractivity contribution in [2.45, 2.75) is 6.61 Å². The highest BCUT2D eigenvalue weighted by Crippen LogP contribution is 2.22. The average molecular weight is 254 g/mol. The van der Waals surface area contributed by atoms with Gasteiger partial charge in [-0.15, -0.1) is 11.3 Å². The third kappa shape index (κ3) is 2.59. The molecule has 0 bridgehead atoms. The molecule has 3 nitrogen and oxygen atoms in total. The molecule has 0 aliphatic heterocycles. The molecule has 0 spiro atoms. The molecule has 2 rings (SSSR count). The van der Waals surface area contributed by atoms with Gasteiger partial charge in [-0.1, -0.05) is 11.6 Å². The number of carbonyl (C=O) groups excluding carboxylic acids is 1. The summed E-state index contributed by atoms with van der Waals surface area (Å²) in [6.07, 6.45) is 0.724. The first kappa shape index (κ1) is 11.1. The molecule has 1 heterocycles. The number of rotatable bonds is 4. The first-order chi connectivity index (χ1) is 7.79. The molecule has 82 valence electrons. The van der Waals surface area contributed by atoms with Crippen molar-refractivity contribution >= 4 is 29.2 Å². The molecule has 0 aliphatic rings. The van der Waals surface area contributed by atoms with Crippen LogP contribution in [0.15, 0.2) is 29.1 Å². The second-order valence-electron chi connectivity index (χ2n) is 3.07. The Balaban J connectivity index is 2.12. The molecule has 0 aliphatic carbocycles. The van der Waals surface area contributed by atoms with Crippen LogP contribution in [0.3, 0.4) is 0 Å². The Kier molecular flexibility index (Phi) is 3.54. The van der Waals surface area contributed by atoms with Gasteiger partial charge < -0.3 is 4.74 Å². The van der Waals surface area contributed by atoms with Gasteiger partial charge in [0, 0.05) is 10.4 Å². The Morgan fingerprint density at radius 1 is 1.50 bits per heavy atom. The number of ether oxygens (including phenoxy) is 1. The van der Waals surface area contributed by atoms with Crippen molar-refractivity contribution in [2.24, 2.45) is 0 Å². The normalized spacial score (nSPS) is 10.1. The molecule has 5 heteroatoms. The van der Waals surface area contributed by atoms with Gasteiger partial charge in [-0.3, -0.25) is 4.79 Å². The van der Waals surface area contributed by atoms with E-state index in [2.05, 4.69) is 4.98 Å². The van der Waals surface area contributed by atoms with Crippen LogP contribution in [0.5, 0.6) is 5.75 Å². The molecule has 0 amide bonds. The topological polar surface area (TPSA) is 39.2 Å². The summed E-state index contributed by atoms with van der Waals surface area (Å²) >= 11 is 7.28. The molecule has 0 radical (unpaired) electrons. The van der Waals surface area contributed by atoms with Crippen LogP contribution in [-0.4, -0.2) is 11.3 Å². The lowest BCUT2D eigenvalue weighted by atomic mass is 10.2. The minimum atomic E-state index is 0.353. The number of aromatic nitrogens is 1. The van der Waals surface area contributed by atoms with Crippen molar-refractivity contribution in [3.63, 3.8) is 0 Å². The SMILES string of the molecule is O=Cc1cc(Cl)ccc1OCc1cscn1. The highest BCUT2D eigenvalue weighted by molar-refractivity contribution is 7.07. The van der Waals surface area contributed by atoms with Crippen LogP contribution in [0.25, 0.3) is 0 Å². The zero-order valence-electron chi connectivity index (χ0n) is 8.22. The van der Waals surface area contributed by atoms with Gasteiger partial charge in [0.05, 0.1) is 16.8 Å². The second kappa shape index (κ2) is 5.09. The largest absolute Gasteiger partial charge is 0.487 e. The summed E-state index contributed by atoms with van der Waals surface area (Å²) in [5, 5.41) is 2.42. The quantitative estimate of drug-likeness (QED) is 0.786. The number of hydrogen-bond donors (Lipinski definition) is 0. The molecule has 0 fully saturated rings. The summed E-state index contributed by atoms with van der Waals surface area (Å²) in [6, 6.07) is 4.94. The number of benzene rings is 1. The molecular formula is C11H8ClNO2S. The number of thiazole rings is 1. The van der Waals surface area contributed by atoms with E-state index in [9.17, 15) is 4.79 Å². The van der Waals surface area contributed by atoms with E-state index >= 15 is 0 Å². The van der Waals surface area contributed by atoms with Crippen LogP contribution >= 0.6 is 22.9 Å². The monoisotopic (exact) mass is 253 g/mol. The molecule has 0 atom stereocenters. The molecule has 0 unspecified atom stereocenters. The molecule has 1 aromatic carbocycles. The molecular weight excluding hydrogens is 246 g/mol. The smallest absolute Gasteiger partial charge is 0.153 e. The number of halogens is 1. The number of nitrogens with zero attached hydrogens (tertiary/aromatic N) is 1. The summed E-state index contributed by atoms with van der Waals surface area (Å²) in [6.45, 7) is 0.353. The number of hydrogen-bond acceptors (Lipinski definition) is 4. The maximum atomic E-state index is 10.8. The van der Waals surface area contributed by atoms with Crippen molar-refractivity contribution < 1.29 is 9.53 Å². The highest BCUT2D eigenvalue weighted by Gasteiger charge is 2.04. The first-order valence-corrected chi connectivity index (χ1v) is 5.86. The van der Waals surface area contributed by atoms with E-state index in [4.69, 9.17) is 16.3 Å². The highest BCUT2D eigenvalue weighted by atomic mass is 35.5. The van der Waals surface area contributed by atoms with Crippen molar-refractivity contribution in [1.29, 1.82) is 0 Å². The zero-order chi connectivity index (χ0) is 11.4. The van der Waals surface area contributed by atoms with Crippen molar-refractivity contribution in [1.82, 2.24) is 4.98 Å². The van der Waals surface area contributed by atoms with Gasteiger partial charge in [0.2, 0.25) is 0 Å². The summed E-state index contributed by atoms with van der Waals surface area (Å²) in [5.74, 6) is 0.521. The summed E-state index contributed by atoms with van der Waals surface area (Å²) in [4.78, 5) is 14.9. The third-order valence-corrected chi connectivity index (χ3v) is 2.83. The maximum Gasteiger partial charge on any atom is 0.153 e. The van der Waals surface area contributed by atoms with Gasteiger partial charge >= 0.3 is 0 Å². The molecule has 0 saturated carbocycles. The molecule has 0 saturated heterocycles. The predicted octanol–water partition coefficient (Wildman–Crippen LogP) is 3.19. The minimum Gasteiger partial charge on any atom is -0.487 e. The van der Waals surface area contributed by atoms with Crippen LogP contribution in [0, 0.1) is 0 Å². The van der Waals surface area contributed by atoms with Gasteiger partial charge in [0.1, 0.15) is 12.4 Å². The van der Waals surface area contributed by atoms with Crippen LogP contribution in [-0.2, 0) is 6.61 Å². The lowest BCUT2D eigenvalue weighted by Crippen LogP contribution is -1.98. The van der Waals surface area contributed by atoms with Crippen LogP contribution in [0.4, 0.5) is 0 Å².